The number of rotatable bonds is 5. The second kappa shape index (κ2) is 8.93. The molecule has 0 bridgehead atoms. The summed E-state index contributed by atoms with van der Waals surface area (Å²) >= 11 is 0. The molecule has 0 radical (unpaired) electrons. The maximum Gasteiger partial charge on any atom is 0.408 e. The van der Waals surface area contributed by atoms with Crippen molar-refractivity contribution in [3.8, 4) is 11.4 Å². The first-order valence-electron chi connectivity index (χ1n) is 9.25. The highest BCUT2D eigenvalue weighted by molar-refractivity contribution is 5.82. The minimum absolute atomic E-state index is 0.204. The second-order valence-electron chi connectivity index (χ2n) is 8.51. The van der Waals surface area contributed by atoms with Crippen LogP contribution in [0, 0.1) is 0 Å². The molecular weight excluding hydrogens is 374 g/mol. The Labute approximate surface area is 170 Å². The van der Waals surface area contributed by atoms with E-state index in [1.165, 1.54) is 6.33 Å². The highest BCUT2D eigenvalue weighted by Crippen LogP contribution is 2.18. The van der Waals surface area contributed by atoms with Crippen LogP contribution in [0.2, 0.25) is 0 Å². The van der Waals surface area contributed by atoms with Gasteiger partial charge < -0.3 is 14.8 Å². The van der Waals surface area contributed by atoms with Crippen molar-refractivity contribution in [2.24, 2.45) is 0 Å². The number of ether oxygens (including phenoxy) is 2. The molecule has 0 aliphatic carbocycles. The lowest BCUT2D eigenvalue weighted by molar-refractivity contribution is -0.157. The molecule has 0 saturated carbocycles. The van der Waals surface area contributed by atoms with E-state index in [4.69, 9.17) is 9.47 Å². The predicted octanol–water partition coefficient (Wildman–Crippen LogP) is 2.71. The van der Waals surface area contributed by atoms with Crippen molar-refractivity contribution in [2.75, 3.05) is 0 Å². The molecule has 0 saturated heterocycles. The third kappa shape index (κ3) is 7.81. The average Bonchev–Trinajstić information content (AvgIpc) is 2.59. The van der Waals surface area contributed by atoms with Gasteiger partial charge in [-0.1, -0.05) is 18.2 Å². The predicted molar refractivity (Wildman–Crippen MR) is 106 cm³/mol. The standard InChI is InChI=1S/C20H27N5O4/c1-19(2,3)28-17(26)15(23-18(27)29-20(4,5)6)11-13-8-7-9-14(10-13)16-24-21-12-22-25-16/h7-10,12,15H,11H2,1-6H3,(H,23,27). The van der Waals surface area contributed by atoms with Gasteiger partial charge >= 0.3 is 12.1 Å². The molecule has 2 rings (SSSR count). The van der Waals surface area contributed by atoms with Crippen LogP contribution in [0.25, 0.3) is 11.4 Å². The lowest BCUT2D eigenvalue weighted by Crippen LogP contribution is -2.47. The van der Waals surface area contributed by atoms with E-state index in [0.717, 1.165) is 5.56 Å². The van der Waals surface area contributed by atoms with Crippen LogP contribution in [0.5, 0.6) is 0 Å². The Bertz CT molecular complexity index is 844. The lowest BCUT2D eigenvalue weighted by Gasteiger charge is -2.26. The van der Waals surface area contributed by atoms with Crippen LogP contribution in [0.1, 0.15) is 47.1 Å². The number of carbonyl (C=O) groups excluding carboxylic acids is 2. The van der Waals surface area contributed by atoms with E-state index in [2.05, 4.69) is 25.7 Å². The summed E-state index contributed by atoms with van der Waals surface area (Å²) in [7, 11) is 0. The van der Waals surface area contributed by atoms with Crippen molar-refractivity contribution >= 4 is 12.1 Å². The first-order chi connectivity index (χ1) is 13.4. The molecule has 1 amide bonds. The molecule has 9 heteroatoms. The summed E-state index contributed by atoms with van der Waals surface area (Å²) in [5.41, 5.74) is 0.0972. The Morgan fingerprint density at radius 1 is 1.00 bits per heavy atom. The molecule has 1 aromatic heterocycles. The zero-order chi connectivity index (χ0) is 21.7. The summed E-state index contributed by atoms with van der Waals surface area (Å²) in [6.07, 6.45) is 0.760. The number of hydrogen-bond acceptors (Lipinski definition) is 8. The summed E-state index contributed by atoms with van der Waals surface area (Å²) in [5.74, 6) is -0.184. The SMILES string of the molecule is CC(C)(C)OC(=O)NC(Cc1cccc(-c2nncnn2)c1)C(=O)OC(C)(C)C. The van der Waals surface area contributed by atoms with Crippen LogP contribution in [0.3, 0.4) is 0 Å². The summed E-state index contributed by atoms with van der Waals surface area (Å²) in [5, 5.41) is 17.9. The van der Waals surface area contributed by atoms with Crippen molar-refractivity contribution in [2.45, 2.75) is 65.2 Å². The molecule has 156 valence electrons. The smallest absolute Gasteiger partial charge is 0.408 e. The number of hydrogen-bond donors (Lipinski definition) is 1. The molecule has 1 atom stereocenters. The van der Waals surface area contributed by atoms with Gasteiger partial charge in [-0.05, 0) is 53.2 Å². The molecule has 0 aliphatic heterocycles. The molecule has 0 aliphatic rings. The molecule has 2 aromatic rings. The summed E-state index contributed by atoms with van der Waals surface area (Å²) < 4.78 is 10.7. The van der Waals surface area contributed by atoms with E-state index in [1.807, 2.05) is 18.2 Å². The Morgan fingerprint density at radius 2 is 1.62 bits per heavy atom. The first-order valence-corrected chi connectivity index (χ1v) is 9.25. The molecule has 1 heterocycles. The molecule has 29 heavy (non-hydrogen) atoms. The number of aromatic nitrogens is 4. The van der Waals surface area contributed by atoms with Gasteiger partial charge in [-0.3, -0.25) is 0 Å². The van der Waals surface area contributed by atoms with Crippen LogP contribution in [0.15, 0.2) is 30.6 Å². The number of amides is 1. The minimum Gasteiger partial charge on any atom is -0.458 e. The molecule has 0 spiro atoms. The van der Waals surface area contributed by atoms with Gasteiger partial charge in [0.15, 0.2) is 6.33 Å². The van der Waals surface area contributed by atoms with Crippen molar-refractivity contribution in [3.05, 3.63) is 36.2 Å². The van der Waals surface area contributed by atoms with Crippen LogP contribution in [-0.2, 0) is 20.7 Å². The topological polar surface area (TPSA) is 116 Å². The molecule has 0 fully saturated rings. The van der Waals surface area contributed by atoms with Crippen molar-refractivity contribution in [3.63, 3.8) is 0 Å². The molecule has 1 unspecified atom stereocenters. The zero-order valence-electron chi connectivity index (χ0n) is 17.6. The number of nitrogens with zero attached hydrogens (tertiary/aromatic N) is 4. The fourth-order valence-electron chi connectivity index (χ4n) is 2.41. The molecular formula is C20H27N5O4. The Morgan fingerprint density at radius 3 is 2.21 bits per heavy atom. The van der Waals surface area contributed by atoms with Gasteiger partial charge in [0.2, 0.25) is 5.82 Å². The van der Waals surface area contributed by atoms with Crippen LogP contribution >= 0.6 is 0 Å². The summed E-state index contributed by atoms with van der Waals surface area (Å²) in [6, 6.07) is 6.34. The maximum atomic E-state index is 12.7. The summed E-state index contributed by atoms with van der Waals surface area (Å²) in [6.45, 7) is 10.6. The van der Waals surface area contributed by atoms with E-state index in [-0.39, 0.29) is 6.42 Å². The van der Waals surface area contributed by atoms with Gasteiger partial charge in [-0.2, -0.15) is 0 Å². The number of alkyl carbamates (subject to hydrolysis) is 1. The highest BCUT2D eigenvalue weighted by atomic mass is 16.6. The fraction of sp³-hybridized carbons (Fsp3) is 0.500. The number of esters is 1. The Balaban J connectivity index is 2.22. The Hall–Kier alpha value is -3.10. The van der Waals surface area contributed by atoms with E-state index in [1.54, 1.807) is 47.6 Å². The number of carbonyl (C=O) groups is 2. The molecule has 9 nitrogen and oxygen atoms in total. The van der Waals surface area contributed by atoms with E-state index < -0.39 is 29.3 Å². The van der Waals surface area contributed by atoms with Crippen molar-refractivity contribution in [1.29, 1.82) is 0 Å². The normalized spacial score (nSPS) is 12.8. The maximum absolute atomic E-state index is 12.7. The van der Waals surface area contributed by atoms with Crippen LogP contribution < -0.4 is 5.32 Å². The van der Waals surface area contributed by atoms with Crippen LogP contribution in [0.4, 0.5) is 4.79 Å². The molecule has 1 N–H and O–H groups in total. The van der Waals surface area contributed by atoms with Crippen LogP contribution in [-0.4, -0.2) is 49.7 Å². The monoisotopic (exact) mass is 401 g/mol. The quantitative estimate of drug-likeness (QED) is 0.760. The van der Waals surface area contributed by atoms with Crippen molar-refractivity contribution < 1.29 is 19.1 Å². The van der Waals surface area contributed by atoms with Gasteiger partial charge in [0.1, 0.15) is 17.2 Å². The zero-order valence-corrected chi connectivity index (χ0v) is 17.6. The first kappa shape index (κ1) is 22.2. The third-order valence-corrected chi connectivity index (χ3v) is 3.42. The van der Waals surface area contributed by atoms with Gasteiger partial charge in [0, 0.05) is 12.0 Å². The van der Waals surface area contributed by atoms with Gasteiger partial charge in [-0.25, -0.2) is 9.59 Å². The lowest BCUT2D eigenvalue weighted by atomic mass is 10.0. The second-order valence-corrected chi connectivity index (χ2v) is 8.51. The van der Waals surface area contributed by atoms with Gasteiger partial charge in [-0.15, -0.1) is 20.4 Å². The van der Waals surface area contributed by atoms with E-state index in [9.17, 15) is 9.59 Å². The fourth-order valence-corrected chi connectivity index (χ4v) is 2.41. The van der Waals surface area contributed by atoms with Gasteiger partial charge in [0.05, 0.1) is 0 Å². The number of nitrogens with one attached hydrogen (secondary N) is 1. The third-order valence-electron chi connectivity index (χ3n) is 3.42. The summed E-state index contributed by atoms with van der Waals surface area (Å²) in [4.78, 5) is 24.9. The highest BCUT2D eigenvalue weighted by Gasteiger charge is 2.29. The van der Waals surface area contributed by atoms with Gasteiger partial charge in [0.25, 0.3) is 0 Å². The van der Waals surface area contributed by atoms with E-state index >= 15 is 0 Å². The average molecular weight is 401 g/mol. The largest absolute Gasteiger partial charge is 0.458 e. The van der Waals surface area contributed by atoms with Crippen molar-refractivity contribution in [1.82, 2.24) is 25.7 Å². The molecule has 1 aromatic carbocycles. The minimum atomic E-state index is -0.924. The number of benzene rings is 1. The van der Waals surface area contributed by atoms with E-state index in [0.29, 0.717) is 11.4 Å². The Kier molecular flexibility index (Phi) is 6.84.